The Balaban J connectivity index is 0.00000288. The highest BCUT2D eigenvalue weighted by Gasteiger charge is 2.21. The lowest BCUT2D eigenvalue weighted by molar-refractivity contribution is 0.0263. The fourth-order valence-electron chi connectivity index (χ4n) is 2.75. The molecule has 1 fully saturated rings. The fourth-order valence-corrected chi connectivity index (χ4v) is 2.75. The normalized spacial score (nSPS) is 15.5. The molecule has 2 rings (SSSR count). The molecule has 1 aromatic carbocycles. The Morgan fingerprint density at radius 2 is 1.96 bits per heavy atom. The second-order valence-electron chi connectivity index (χ2n) is 5.62. The molecule has 0 aromatic heterocycles. The minimum absolute atomic E-state index is 0. The SMILES string of the molecule is CCNC(=NCc1ccc(C#N)cc1)N1CCC(OCC)CC1.I. The van der Waals surface area contributed by atoms with E-state index in [0.717, 1.165) is 50.6 Å². The molecule has 6 heteroatoms. The predicted octanol–water partition coefficient (Wildman–Crippen LogP) is 3.14. The van der Waals surface area contributed by atoms with Crippen LogP contribution < -0.4 is 5.32 Å². The summed E-state index contributed by atoms with van der Waals surface area (Å²) in [7, 11) is 0. The summed E-state index contributed by atoms with van der Waals surface area (Å²) in [5, 5.41) is 12.2. The van der Waals surface area contributed by atoms with Crippen LogP contribution in [0.15, 0.2) is 29.3 Å². The van der Waals surface area contributed by atoms with Gasteiger partial charge in [0.1, 0.15) is 0 Å². The molecule has 132 valence electrons. The van der Waals surface area contributed by atoms with Gasteiger partial charge < -0.3 is 15.0 Å². The number of hydrogen-bond donors (Lipinski definition) is 1. The van der Waals surface area contributed by atoms with Crippen LogP contribution in [-0.4, -0.2) is 43.2 Å². The van der Waals surface area contributed by atoms with E-state index in [2.05, 4.69) is 30.1 Å². The van der Waals surface area contributed by atoms with Gasteiger partial charge in [0.25, 0.3) is 0 Å². The number of benzene rings is 1. The molecule has 0 unspecified atom stereocenters. The highest BCUT2D eigenvalue weighted by atomic mass is 127. The number of likely N-dealkylation sites (tertiary alicyclic amines) is 1. The summed E-state index contributed by atoms with van der Waals surface area (Å²) >= 11 is 0. The maximum Gasteiger partial charge on any atom is 0.194 e. The first-order valence-electron chi connectivity index (χ1n) is 8.40. The van der Waals surface area contributed by atoms with Gasteiger partial charge in [-0.05, 0) is 44.4 Å². The van der Waals surface area contributed by atoms with Gasteiger partial charge in [-0.2, -0.15) is 5.26 Å². The van der Waals surface area contributed by atoms with Crippen LogP contribution in [0.5, 0.6) is 0 Å². The number of halogens is 1. The lowest BCUT2D eigenvalue weighted by atomic mass is 10.1. The van der Waals surface area contributed by atoms with Crippen molar-refractivity contribution in [2.24, 2.45) is 4.99 Å². The molecule has 1 saturated heterocycles. The van der Waals surface area contributed by atoms with Gasteiger partial charge in [-0.1, -0.05) is 12.1 Å². The number of piperidine rings is 1. The first-order valence-corrected chi connectivity index (χ1v) is 8.40. The average molecular weight is 442 g/mol. The van der Waals surface area contributed by atoms with E-state index in [4.69, 9.17) is 15.0 Å². The van der Waals surface area contributed by atoms with Crippen molar-refractivity contribution in [3.05, 3.63) is 35.4 Å². The van der Waals surface area contributed by atoms with E-state index in [9.17, 15) is 0 Å². The van der Waals surface area contributed by atoms with Crippen LogP contribution in [0.1, 0.15) is 37.8 Å². The molecule has 1 N–H and O–H groups in total. The third-order valence-corrected chi connectivity index (χ3v) is 3.97. The van der Waals surface area contributed by atoms with Gasteiger partial charge in [0.15, 0.2) is 5.96 Å². The molecule has 24 heavy (non-hydrogen) atoms. The highest BCUT2D eigenvalue weighted by Crippen LogP contribution is 2.14. The first kappa shape index (κ1) is 20.7. The second-order valence-corrected chi connectivity index (χ2v) is 5.62. The van der Waals surface area contributed by atoms with E-state index in [1.807, 2.05) is 24.3 Å². The van der Waals surface area contributed by atoms with Crippen LogP contribution in [0.2, 0.25) is 0 Å². The quantitative estimate of drug-likeness (QED) is 0.433. The van der Waals surface area contributed by atoms with Gasteiger partial charge in [-0.3, -0.25) is 0 Å². The standard InChI is InChI=1S/C18H26N4O.HI/c1-3-20-18(22-11-9-17(10-12-22)23-4-2)21-14-16-7-5-15(13-19)6-8-16;/h5-8,17H,3-4,9-12,14H2,1-2H3,(H,20,21);1H. The van der Waals surface area contributed by atoms with Gasteiger partial charge in [-0.15, -0.1) is 24.0 Å². The number of ether oxygens (including phenoxy) is 1. The lowest BCUT2D eigenvalue weighted by Crippen LogP contribution is -2.47. The van der Waals surface area contributed by atoms with E-state index in [0.29, 0.717) is 18.2 Å². The molecule has 1 aliphatic heterocycles. The third kappa shape index (κ3) is 6.29. The molecule has 0 aliphatic carbocycles. The molecule has 1 aromatic rings. The maximum absolute atomic E-state index is 8.84. The summed E-state index contributed by atoms with van der Waals surface area (Å²) in [6, 6.07) is 9.74. The van der Waals surface area contributed by atoms with Gasteiger partial charge in [0.05, 0.1) is 24.3 Å². The molecule has 0 amide bonds. The first-order chi connectivity index (χ1) is 11.3. The molecule has 0 spiro atoms. The molecule has 1 heterocycles. The minimum atomic E-state index is 0. The molecular weight excluding hydrogens is 415 g/mol. The Labute approximate surface area is 162 Å². The molecular formula is C18H27IN4O. The monoisotopic (exact) mass is 442 g/mol. The third-order valence-electron chi connectivity index (χ3n) is 3.97. The predicted molar refractivity (Wildman–Crippen MR) is 108 cm³/mol. The lowest BCUT2D eigenvalue weighted by Gasteiger charge is -2.34. The van der Waals surface area contributed by atoms with Crippen molar-refractivity contribution in [3.63, 3.8) is 0 Å². The molecule has 1 aliphatic rings. The number of aliphatic imine (C=N–C) groups is 1. The van der Waals surface area contributed by atoms with Crippen LogP contribution in [0.25, 0.3) is 0 Å². The molecule has 5 nitrogen and oxygen atoms in total. The van der Waals surface area contributed by atoms with Gasteiger partial charge in [0.2, 0.25) is 0 Å². The number of nitrogens with zero attached hydrogens (tertiary/aromatic N) is 3. The van der Waals surface area contributed by atoms with E-state index in [-0.39, 0.29) is 24.0 Å². The second kappa shape index (κ2) is 11.3. The Hall–Kier alpha value is -1.33. The maximum atomic E-state index is 8.84. The van der Waals surface area contributed by atoms with Gasteiger partial charge in [-0.25, -0.2) is 4.99 Å². The van der Waals surface area contributed by atoms with Crippen molar-refractivity contribution in [2.75, 3.05) is 26.2 Å². The summed E-state index contributed by atoms with van der Waals surface area (Å²) in [5.74, 6) is 0.965. The highest BCUT2D eigenvalue weighted by molar-refractivity contribution is 14.0. The Kier molecular flexibility index (Phi) is 9.72. The summed E-state index contributed by atoms with van der Waals surface area (Å²) in [6.07, 6.45) is 2.49. The van der Waals surface area contributed by atoms with Crippen LogP contribution >= 0.6 is 24.0 Å². The zero-order chi connectivity index (χ0) is 16.5. The zero-order valence-electron chi connectivity index (χ0n) is 14.5. The smallest absolute Gasteiger partial charge is 0.194 e. The summed E-state index contributed by atoms with van der Waals surface area (Å²) in [6.45, 7) is 8.36. The van der Waals surface area contributed by atoms with Crippen LogP contribution in [0.4, 0.5) is 0 Å². The summed E-state index contributed by atoms with van der Waals surface area (Å²) < 4.78 is 5.71. The molecule has 0 saturated carbocycles. The van der Waals surface area contributed by atoms with E-state index < -0.39 is 0 Å². The number of nitriles is 1. The van der Waals surface area contributed by atoms with Gasteiger partial charge >= 0.3 is 0 Å². The number of hydrogen-bond acceptors (Lipinski definition) is 3. The van der Waals surface area contributed by atoms with Crippen LogP contribution in [-0.2, 0) is 11.3 Å². The van der Waals surface area contributed by atoms with Gasteiger partial charge in [0, 0.05) is 26.2 Å². The fraction of sp³-hybridized carbons (Fsp3) is 0.556. The number of guanidine groups is 1. The number of rotatable bonds is 5. The van der Waals surface area contributed by atoms with Crippen LogP contribution in [0, 0.1) is 11.3 Å². The van der Waals surface area contributed by atoms with Crippen molar-refractivity contribution in [2.45, 2.75) is 39.3 Å². The summed E-state index contributed by atoms with van der Waals surface area (Å²) in [4.78, 5) is 7.05. The van der Waals surface area contributed by atoms with Crippen molar-refractivity contribution in [1.29, 1.82) is 5.26 Å². The van der Waals surface area contributed by atoms with Crippen LogP contribution in [0.3, 0.4) is 0 Å². The molecule has 0 bridgehead atoms. The van der Waals surface area contributed by atoms with Crippen molar-refractivity contribution in [3.8, 4) is 6.07 Å². The Morgan fingerprint density at radius 1 is 1.29 bits per heavy atom. The average Bonchev–Trinajstić information content (AvgIpc) is 2.60. The molecule has 0 atom stereocenters. The summed E-state index contributed by atoms with van der Waals surface area (Å²) in [5.41, 5.74) is 1.80. The van der Waals surface area contributed by atoms with E-state index in [1.54, 1.807) is 0 Å². The Morgan fingerprint density at radius 3 is 2.50 bits per heavy atom. The van der Waals surface area contributed by atoms with Crippen molar-refractivity contribution < 1.29 is 4.74 Å². The van der Waals surface area contributed by atoms with Crippen molar-refractivity contribution in [1.82, 2.24) is 10.2 Å². The van der Waals surface area contributed by atoms with E-state index in [1.165, 1.54) is 0 Å². The van der Waals surface area contributed by atoms with E-state index >= 15 is 0 Å². The zero-order valence-corrected chi connectivity index (χ0v) is 16.8. The Bertz CT molecular complexity index is 545. The largest absolute Gasteiger partial charge is 0.378 e. The minimum Gasteiger partial charge on any atom is -0.378 e. The van der Waals surface area contributed by atoms with Crippen molar-refractivity contribution >= 4 is 29.9 Å². The molecule has 0 radical (unpaired) electrons. The number of nitrogens with one attached hydrogen (secondary N) is 1. The topological polar surface area (TPSA) is 60.7 Å².